The molecule has 0 radical (unpaired) electrons. The molecule has 0 aliphatic rings. The number of hydrogen-bond donors (Lipinski definition) is 0. The third-order valence-electron chi connectivity index (χ3n) is 1.80. The molecule has 0 unspecified atom stereocenters. The third-order valence-corrected chi connectivity index (χ3v) is 2.18. The Balaban J connectivity index is 2.81. The zero-order valence-corrected chi connectivity index (χ0v) is 9.34. The van der Waals surface area contributed by atoms with Gasteiger partial charge in [-0.25, -0.2) is 0 Å². The molecule has 1 aromatic carbocycles. The van der Waals surface area contributed by atoms with Gasteiger partial charge in [0.1, 0.15) is 0 Å². The summed E-state index contributed by atoms with van der Waals surface area (Å²) in [6.45, 7) is 5.91. The van der Waals surface area contributed by atoms with Gasteiger partial charge in [-0.15, -0.1) is 0 Å². The Labute approximate surface area is 88.1 Å². The molecule has 1 aromatic rings. The Bertz CT molecular complexity index is 306. The summed E-state index contributed by atoms with van der Waals surface area (Å²) < 4.78 is 0. The van der Waals surface area contributed by atoms with Crippen molar-refractivity contribution in [3.8, 4) is 0 Å². The Morgan fingerprint density at radius 2 is 2.00 bits per heavy atom. The van der Waals surface area contributed by atoms with Gasteiger partial charge in [-0.05, 0) is 18.1 Å². The summed E-state index contributed by atoms with van der Waals surface area (Å²) in [5.41, 5.74) is 3.54. The first-order valence-corrected chi connectivity index (χ1v) is 5.34. The van der Waals surface area contributed by atoms with Crippen molar-refractivity contribution in [1.29, 1.82) is 0 Å². The summed E-state index contributed by atoms with van der Waals surface area (Å²) >= 11 is 3.34. The first kappa shape index (κ1) is 10.3. The molecule has 0 aromatic heterocycles. The Morgan fingerprint density at radius 3 is 2.46 bits per heavy atom. The lowest BCUT2D eigenvalue weighted by atomic mass is 10.1. The molecule has 13 heavy (non-hydrogen) atoms. The summed E-state index contributed by atoms with van der Waals surface area (Å²) in [5.74, 6) is 0. The standard InChI is InChI=1S/C12H13Br/c1-10(2)12-7-5-11(6-8-12)4-3-9-13/h3-8H,1,9H2,2H3. The van der Waals surface area contributed by atoms with Crippen LogP contribution in [-0.2, 0) is 0 Å². The molecule has 1 rings (SSSR count). The van der Waals surface area contributed by atoms with Crippen molar-refractivity contribution in [2.24, 2.45) is 0 Å². The van der Waals surface area contributed by atoms with Gasteiger partial charge in [0.15, 0.2) is 0 Å². The minimum absolute atomic E-state index is 0.898. The molecule has 0 heterocycles. The fourth-order valence-electron chi connectivity index (χ4n) is 1.06. The van der Waals surface area contributed by atoms with Crippen LogP contribution in [0.1, 0.15) is 18.1 Å². The van der Waals surface area contributed by atoms with E-state index < -0.39 is 0 Å². The minimum Gasteiger partial charge on any atom is -0.0955 e. The number of rotatable bonds is 3. The fourth-order valence-corrected chi connectivity index (χ4v) is 1.25. The summed E-state index contributed by atoms with van der Waals surface area (Å²) in [4.78, 5) is 0. The van der Waals surface area contributed by atoms with Crippen molar-refractivity contribution in [3.63, 3.8) is 0 Å². The minimum atomic E-state index is 0.898. The third kappa shape index (κ3) is 3.19. The highest BCUT2D eigenvalue weighted by Gasteiger charge is 1.91. The maximum absolute atomic E-state index is 3.89. The molecule has 0 amide bonds. The highest BCUT2D eigenvalue weighted by atomic mass is 79.9. The molecule has 0 fully saturated rings. The highest BCUT2D eigenvalue weighted by Crippen LogP contribution is 2.13. The molecule has 0 aliphatic heterocycles. The molecular weight excluding hydrogens is 224 g/mol. The van der Waals surface area contributed by atoms with Gasteiger partial charge >= 0.3 is 0 Å². The van der Waals surface area contributed by atoms with Crippen LogP contribution in [0.5, 0.6) is 0 Å². The van der Waals surface area contributed by atoms with Crippen LogP contribution in [-0.4, -0.2) is 5.33 Å². The van der Waals surface area contributed by atoms with E-state index in [0.29, 0.717) is 0 Å². The van der Waals surface area contributed by atoms with Crippen LogP contribution < -0.4 is 0 Å². The van der Waals surface area contributed by atoms with E-state index in [1.54, 1.807) is 0 Å². The van der Waals surface area contributed by atoms with Crippen LogP contribution >= 0.6 is 15.9 Å². The quantitative estimate of drug-likeness (QED) is 0.693. The largest absolute Gasteiger partial charge is 0.0955 e. The summed E-state index contributed by atoms with van der Waals surface area (Å²) in [6, 6.07) is 8.39. The second-order valence-electron chi connectivity index (χ2n) is 2.96. The number of halogens is 1. The van der Waals surface area contributed by atoms with E-state index in [-0.39, 0.29) is 0 Å². The van der Waals surface area contributed by atoms with Crippen LogP contribution in [0.15, 0.2) is 36.9 Å². The van der Waals surface area contributed by atoms with Gasteiger partial charge in [-0.3, -0.25) is 0 Å². The molecule has 1 heteroatoms. The molecular formula is C12H13Br. The van der Waals surface area contributed by atoms with Crippen molar-refractivity contribution >= 4 is 27.6 Å². The highest BCUT2D eigenvalue weighted by molar-refractivity contribution is 9.09. The lowest BCUT2D eigenvalue weighted by Gasteiger charge is -1.99. The van der Waals surface area contributed by atoms with Crippen LogP contribution in [0.4, 0.5) is 0 Å². The van der Waals surface area contributed by atoms with Gasteiger partial charge in [0.25, 0.3) is 0 Å². The van der Waals surface area contributed by atoms with Crippen molar-refractivity contribution in [3.05, 3.63) is 48.0 Å². The van der Waals surface area contributed by atoms with E-state index in [9.17, 15) is 0 Å². The van der Waals surface area contributed by atoms with Crippen molar-refractivity contribution in [2.45, 2.75) is 6.92 Å². The molecule has 0 N–H and O–H groups in total. The van der Waals surface area contributed by atoms with Crippen LogP contribution in [0.25, 0.3) is 11.6 Å². The van der Waals surface area contributed by atoms with Crippen molar-refractivity contribution in [2.75, 3.05) is 5.33 Å². The molecule has 0 nitrogen and oxygen atoms in total. The molecule has 0 saturated carbocycles. The van der Waals surface area contributed by atoms with Gasteiger partial charge in [-0.1, -0.05) is 64.5 Å². The van der Waals surface area contributed by atoms with Gasteiger partial charge < -0.3 is 0 Å². The Kier molecular flexibility index (Phi) is 3.97. The predicted molar refractivity (Wildman–Crippen MR) is 64.0 cm³/mol. The van der Waals surface area contributed by atoms with Gasteiger partial charge in [0.05, 0.1) is 0 Å². The molecule has 68 valence electrons. The van der Waals surface area contributed by atoms with E-state index >= 15 is 0 Å². The topological polar surface area (TPSA) is 0 Å². The van der Waals surface area contributed by atoms with Crippen LogP contribution in [0.2, 0.25) is 0 Å². The van der Waals surface area contributed by atoms with Crippen LogP contribution in [0.3, 0.4) is 0 Å². The number of benzene rings is 1. The lowest BCUT2D eigenvalue weighted by Crippen LogP contribution is -1.78. The van der Waals surface area contributed by atoms with Crippen LogP contribution in [0, 0.1) is 0 Å². The van der Waals surface area contributed by atoms with E-state index in [1.807, 2.05) is 6.92 Å². The second kappa shape index (κ2) is 5.03. The second-order valence-corrected chi connectivity index (χ2v) is 3.61. The number of alkyl halides is 1. The van der Waals surface area contributed by atoms with E-state index in [2.05, 4.69) is 58.9 Å². The van der Waals surface area contributed by atoms with Crippen molar-refractivity contribution in [1.82, 2.24) is 0 Å². The Hall–Kier alpha value is -0.820. The zero-order valence-electron chi connectivity index (χ0n) is 7.76. The first-order chi connectivity index (χ1) is 6.24. The zero-order chi connectivity index (χ0) is 9.68. The molecule has 0 atom stereocenters. The number of allylic oxidation sites excluding steroid dienone is 2. The van der Waals surface area contributed by atoms with Gasteiger partial charge in [0, 0.05) is 5.33 Å². The van der Waals surface area contributed by atoms with Gasteiger partial charge in [-0.2, -0.15) is 0 Å². The first-order valence-electron chi connectivity index (χ1n) is 4.22. The van der Waals surface area contributed by atoms with E-state index in [1.165, 1.54) is 11.1 Å². The van der Waals surface area contributed by atoms with E-state index in [4.69, 9.17) is 0 Å². The molecule has 0 aliphatic carbocycles. The molecule has 0 spiro atoms. The monoisotopic (exact) mass is 236 g/mol. The summed E-state index contributed by atoms with van der Waals surface area (Å²) in [6.07, 6.45) is 4.17. The fraction of sp³-hybridized carbons (Fsp3) is 0.167. The summed E-state index contributed by atoms with van der Waals surface area (Å²) in [7, 11) is 0. The SMILES string of the molecule is C=C(C)c1ccc(C=CCBr)cc1. The smallest absolute Gasteiger partial charge is 0.0215 e. The summed E-state index contributed by atoms with van der Waals surface area (Å²) in [5, 5.41) is 0.898. The predicted octanol–water partition coefficient (Wildman–Crippen LogP) is 4.13. The average molecular weight is 237 g/mol. The van der Waals surface area contributed by atoms with Gasteiger partial charge in [0.2, 0.25) is 0 Å². The average Bonchev–Trinajstić information content (AvgIpc) is 2.15. The normalized spacial score (nSPS) is 10.6. The van der Waals surface area contributed by atoms with E-state index in [0.717, 1.165) is 10.9 Å². The molecule has 0 saturated heterocycles. The number of hydrogen-bond acceptors (Lipinski definition) is 0. The Morgan fingerprint density at radius 1 is 1.38 bits per heavy atom. The lowest BCUT2D eigenvalue weighted by molar-refractivity contribution is 1.56. The molecule has 0 bridgehead atoms. The maximum Gasteiger partial charge on any atom is 0.0215 e. The van der Waals surface area contributed by atoms with Crippen molar-refractivity contribution < 1.29 is 0 Å². The maximum atomic E-state index is 3.89.